The van der Waals surface area contributed by atoms with Gasteiger partial charge in [0.1, 0.15) is 5.76 Å². The summed E-state index contributed by atoms with van der Waals surface area (Å²) in [5.74, 6) is 0.931. The number of ether oxygens (including phenoxy) is 1. The largest absolute Gasteiger partial charge is 0.379 e. The number of piperidine rings is 1. The van der Waals surface area contributed by atoms with Crippen LogP contribution in [0.3, 0.4) is 0 Å². The van der Waals surface area contributed by atoms with Crippen LogP contribution in [0.5, 0.6) is 0 Å². The first-order valence-corrected chi connectivity index (χ1v) is 9.79. The Morgan fingerprint density at radius 2 is 2.11 bits per heavy atom. The molecule has 8 heteroatoms. The molecule has 0 bridgehead atoms. The molecule has 4 heterocycles. The smallest absolute Gasteiger partial charge is 0.234 e. The lowest BCUT2D eigenvalue weighted by molar-refractivity contribution is -0.136. The molecule has 3 fully saturated rings. The van der Waals surface area contributed by atoms with E-state index in [4.69, 9.17) is 9.26 Å². The van der Waals surface area contributed by atoms with E-state index in [1.54, 1.807) is 0 Å². The van der Waals surface area contributed by atoms with Gasteiger partial charge in [-0.25, -0.2) is 0 Å². The fourth-order valence-electron chi connectivity index (χ4n) is 4.67. The normalized spacial score (nSPS) is 27.3. The minimum atomic E-state index is -0.0680. The number of piperazine rings is 1. The maximum absolute atomic E-state index is 12.7. The number of nitrogens with one attached hydrogen (secondary N) is 1. The van der Waals surface area contributed by atoms with Crippen molar-refractivity contribution in [1.82, 2.24) is 20.3 Å². The Labute approximate surface area is 159 Å². The summed E-state index contributed by atoms with van der Waals surface area (Å²) in [4.78, 5) is 29.0. The number of aromatic nitrogens is 1. The maximum Gasteiger partial charge on any atom is 0.234 e. The van der Waals surface area contributed by atoms with Gasteiger partial charge in [0, 0.05) is 37.8 Å². The molecule has 0 saturated carbocycles. The average molecular weight is 376 g/mol. The van der Waals surface area contributed by atoms with Crippen LogP contribution < -0.4 is 5.32 Å². The van der Waals surface area contributed by atoms with E-state index in [-0.39, 0.29) is 17.4 Å². The van der Waals surface area contributed by atoms with Crippen LogP contribution in [0.4, 0.5) is 0 Å². The van der Waals surface area contributed by atoms with E-state index in [9.17, 15) is 9.59 Å². The Hall–Kier alpha value is -1.93. The van der Waals surface area contributed by atoms with Crippen molar-refractivity contribution >= 4 is 11.8 Å². The first kappa shape index (κ1) is 18.4. The van der Waals surface area contributed by atoms with Crippen LogP contribution in [-0.4, -0.2) is 77.7 Å². The Morgan fingerprint density at radius 3 is 2.74 bits per heavy atom. The van der Waals surface area contributed by atoms with Crippen molar-refractivity contribution in [3.63, 3.8) is 0 Å². The van der Waals surface area contributed by atoms with Gasteiger partial charge in [-0.1, -0.05) is 5.16 Å². The van der Waals surface area contributed by atoms with Gasteiger partial charge in [-0.3, -0.25) is 14.5 Å². The number of rotatable bonds is 3. The van der Waals surface area contributed by atoms with Crippen LogP contribution in [0.1, 0.15) is 36.3 Å². The lowest BCUT2D eigenvalue weighted by atomic mass is 9.89. The van der Waals surface area contributed by atoms with Gasteiger partial charge >= 0.3 is 0 Å². The molecule has 8 nitrogen and oxygen atoms in total. The second kappa shape index (κ2) is 7.24. The zero-order valence-corrected chi connectivity index (χ0v) is 16.1. The van der Waals surface area contributed by atoms with Crippen molar-refractivity contribution in [2.75, 3.05) is 39.4 Å². The molecule has 27 heavy (non-hydrogen) atoms. The van der Waals surface area contributed by atoms with E-state index >= 15 is 0 Å². The maximum atomic E-state index is 12.7. The number of aryl methyl sites for hydroxylation is 2. The van der Waals surface area contributed by atoms with Gasteiger partial charge in [-0.2, -0.15) is 0 Å². The van der Waals surface area contributed by atoms with Crippen molar-refractivity contribution in [2.24, 2.45) is 0 Å². The summed E-state index contributed by atoms with van der Waals surface area (Å²) in [7, 11) is 0. The third-order valence-electron chi connectivity index (χ3n) is 6.39. The molecule has 1 spiro atoms. The lowest BCUT2D eigenvalue weighted by Crippen LogP contribution is -2.67. The summed E-state index contributed by atoms with van der Waals surface area (Å²) < 4.78 is 10.8. The zero-order chi connectivity index (χ0) is 19.0. The van der Waals surface area contributed by atoms with Gasteiger partial charge in [0.2, 0.25) is 11.8 Å². The van der Waals surface area contributed by atoms with E-state index in [1.807, 2.05) is 18.7 Å². The number of hydrogen-bond acceptors (Lipinski definition) is 6. The zero-order valence-electron chi connectivity index (χ0n) is 16.1. The molecular formula is C19H28N4O4. The molecule has 0 aliphatic carbocycles. The quantitative estimate of drug-likeness (QED) is 0.822. The molecule has 3 aliphatic heterocycles. The number of hydrogen-bond donors (Lipinski definition) is 1. The van der Waals surface area contributed by atoms with E-state index < -0.39 is 0 Å². The van der Waals surface area contributed by atoms with Crippen LogP contribution in [0.15, 0.2) is 4.52 Å². The van der Waals surface area contributed by atoms with Gasteiger partial charge in [0.15, 0.2) is 0 Å². The summed E-state index contributed by atoms with van der Waals surface area (Å²) >= 11 is 0. The molecule has 0 aromatic carbocycles. The molecule has 0 radical (unpaired) electrons. The molecule has 4 rings (SSSR count). The molecule has 3 saturated heterocycles. The minimum absolute atomic E-state index is 0.0680. The van der Waals surface area contributed by atoms with Gasteiger partial charge < -0.3 is 19.5 Å². The van der Waals surface area contributed by atoms with Gasteiger partial charge in [0.25, 0.3) is 0 Å². The second-order valence-electron chi connectivity index (χ2n) is 8.02. The molecule has 1 N–H and O–H groups in total. The number of carbonyl (C=O) groups is 2. The molecule has 1 atom stereocenters. The highest BCUT2D eigenvalue weighted by atomic mass is 16.5. The highest BCUT2D eigenvalue weighted by molar-refractivity contribution is 5.80. The minimum Gasteiger partial charge on any atom is -0.379 e. The van der Waals surface area contributed by atoms with E-state index in [0.717, 1.165) is 56.0 Å². The summed E-state index contributed by atoms with van der Waals surface area (Å²) in [5, 5.41) is 6.94. The SMILES string of the molecule is Cc1noc(C)c1CC(=O)N1CCC(N2CC(=O)NCC23CCOC3)CC1. The predicted molar refractivity (Wildman–Crippen MR) is 97.2 cm³/mol. The lowest BCUT2D eigenvalue weighted by Gasteiger charge is -2.49. The molecule has 3 aliphatic rings. The number of amides is 2. The van der Waals surface area contributed by atoms with Crippen molar-refractivity contribution in [3.05, 3.63) is 17.0 Å². The van der Waals surface area contributed by atoms with E-state index in [2.05, 4.69) is 15.4 Å². The van der Waals surface area contributed by atoms with E-state index in [1.165, 1.54) is 0 Å². The van der Waals surface area contributed by atoms with Crippen molar-refractivity contribution in [3.8, 4) is 0 Å². The average Bonchev–Trinajstić information content (AvgIpc) is 3.26. The van der Waals surface area contributed by atoms with Crippen molar-refractivity contribution < 1.29 is 18.8 Å². The highest BCUT2D eigenvalue weighted by Gasteiger charge is 2.47. The number of nitrogens with zero attached hydrogens (tertiary/aromatic N) is 3. The summed E-state index contributed by atoms with van der Waals surface area (Å²) in [5.41, 5.74) is 1.62. The van der Waals surface area contributed by atoms with Gasteiger partial charge in [-0.15, -0.1) is 0 Å². The van der Waals surface area contributed by atoms with Gasteiger partial charge in [0.05, 0.1) is 30.8 Å². The molecule has 1 aromatic heterocycles. The van der Waals surface area contributed by atoms with Crippen LogP contribution in [0.2, 0.25) is 0 Å². The molecule has 1 unspecified atom stereocenters. The third-order valence-corrected chi connectivity index (χ3v) is 6.39. The summed E-state index contributed by atoms with van der Waals surface area (Å²) in [6.45, 7) is 7.69. The fraction of sp³-hybridized carbons (Fsp3) is 0.737. The standard InChI is InChI=1S/C19H28N4O4/c1-13-16(14(2)27-21-13)9-18(25)22-6-3-15(4-7-22)23-10-17(24)20-11-19(23)5-8-26-12-19/h15H,3-12H2,1-2H3,(H,20,24). The van der Waals surface area contributed by atoms with Crippen LogP contribution >= 0.6 is 0 Å². The highest BCUT2D eigenvalue weighted by Crippen LogP contribution is 2.33. The topological polar surface area (TPSA) is 87.9 Å². The van der Waals surface area contributed by atoms with Gasteiger partial charge in [-0.05, 0) is 33.1 Å². The van der Waals surface area contributed by atoms with Crippen LogP contribution in [-0.2, 0) is 20.7 Å². The van der Waals surface area contributed by atoms with Crippen molar-refractivity contribution in [1.29, 1.82) is 0 Å². The van der Waals surface area contributed by atoms with Crippen molar-refractivity contribution in [2.45, 2.75) is 51.1 Å². The summed E-state index contributed by atoms with van der Waals surface area (Å²) in [6.07, 6.45) is 3.08. The van der Waals surface area contributed by atoms with E-state index in [0.29, 0.717) is 32.2 Å². The predicted octanol–water partition coefficient (Wildman–Crippen LogP) is 0.416. The van der Waals surface area contributed by atoms with Crippen LogP contribution in [0, 0.1) is 13.8 Å². The Morgan fingerprint density at radius 1 is 1.33 bits per heavy atom. The Balaban J connectivity index is 1.38. The third kappa shape index (κ3) is 3.48. The Bertz CT molecular complexity index is 698. The fourth-order valence-corrected chi connectivity index (χ4v) is 4.67. The Kier molecular flexibility index (Phi) is 4.94. The molecular weight excluding hydrogens is 348 g/mol. The second-order valence-corrected chi connectivity index (χ2v) is 8.02. The number of carbonyl (C=O) groups excluding carboxylic acids is 2. The first-order valence-electron chi connectivity index (χ1n) is 9.79. The first-order chi connectivity index (χ1) is 13.0. The molecule has 2 amide bonds. The summed E-state index contributed by atoms with van der Waals surface area (Å²) in [6, 6.07) is 0.320. The van der Waals surface area contributed by atoms with Crippen LogP contribution in [0.25, 0.3) is 0 Å². The monoisotopic (exact) mass is 376 g/mol. The number of likely N-dealkylation sites (tertiary alicyclic amines) is 1. The molecule has 148 valence electrons. The molecule has 1 aromatic rings.